The van der Waals surface area contributed by atoms with Crippen LogP contribution in [0.1, 0.15) is 12.8 Å². The van der Waals surface area contributed by atoms with Crippen molar-refractivity contribution in [3.8, 4) is 5.75 Å². The Bertz CT molecular complexity index is 548. The molecule has 3 nitrogen and oxygen atoms in total. The Morgan fingerprint density at radius 2 is 1.95 bits per heavy atom. The van der Waals surface area contributed by atoms with Crippen LogP contribution >= 0.6 is 0 Å². The fourth-order valence-corrected chi connectivity index (χ4v) is 4.43. The molecule has 1 heterocycles. The summed E-state index contributed by atoms with van der Waals surface area (Å²) in [7, 11) is 1.74. The number of methoxy groups -OCH3 is 1. The number of hydrogen-bond donors (Lipinski definition) is 0. The van der Waals surface area contributed by atoms with E-state index in [0.29, 0.717) is 0 Å². The zero-order valence-electron chi connectivity index (χ0n) is 13.4. The first-order valence-corrected chi connectivity index (χ1v) is 8.61. The molecule has 2 fully saturated rings. The number of benzene rings is 1. The predicted octanol–water partition coefficient (Wildman–Crippen LogP) is 3.03. The first kappa shape index (κ1) is 14.1. The molecule has 0 radical (unpaired) electrons. The lowest BCUT2D eigenvalue weighted by Crippen LogP contribution is -2.48. The van der Waals surface area contributed by atoms with Crippen LogP contribution in [-0.4, -0.2) is 44.7 Å². The largest absolute Gasteiger partial charge is 0.497 e. The van der Waals surface area contributed by atoms with Gasteiger partial charge in [-0.2, -0.15) is 0 Å². The fourth-order valence-electron chi connectivity index (χ4n) is 4.43. The number of anilines is 1. The highest BCUT2D eigenvalue weighted by Crippen LogP contribution is 2.43. The van der Waals surface area contributed by atoms with Gasteiger partial charge in [-0.1, -0.05) is 18.2 Å². The maximum absolute atomic E-state index is 5.34. The van der Waals surface area contributed by atoms with Gasteiger partial charge in [-0.25, -0.2) is 0 Å². The Labute approximate surface area is 133 Å². The van der Waals surface area contributed by atoms with E-state index in [1.807, 2.05) is 6.07 Å². The molecule has 1 saturated heterocycles. The van der Waals surface area contributed by atoms with Gasteiger partial charge in [0.25, 0.3) is 0 Å². The Hall–Kier alpha value is -1.48. The second-order valence-corrected chi connectivity index (χ2v) is 7.03. The average molecular weight is 298 g/mol. The van der Waals surface area contributed by atoms with Gasteiger partial charge in [0.1, 0.15) is 5.75 Å². The average Bonchev–Trinajstić information content (AvgIpc) is 3.18. The molecule has 2 bridgehead atoms. The van der Waals surface area contributed by atoms with Crippen molar-refractivity contribution in [2.45, 2.75) is 12.8 Å². The van der Waals surface area contributed by atoms with Gasteiger partial charge in [0.15, 0.2) is 0 Å². The van der Waals surface area contributed by atoms with E-state index >= 15 is 0 Å². The highest BCUT2D eigenvalue weighted by atomic mass is 16.5. The second-order valence-electron chi connectivity index (χ2n) is 7.03. The molecule has 4 rings (SSSR count). The van der Waals surface area contributed by atoms with E-state index in [1.54, 1.807) is 7.11 Å². The highest BCUT2D eigenvalue weighted by Gasteiger charge is 2.36. The molecule has 1 aromatic rings. The van der Waals surface area contributed by atoms with Gasteiger partial charge in [-0.3, -0.25) is 4.90 Å². The maximum Gasteiger partial charge on any atom is 0.120 e. The Balaban J connectivity index is 1.31. The third-order valence-corrected chi connectivity index (χ3v) is 5.70. The molecule has 0 unspecified atom stereocenters. The normalized spacial score (nSPS) is 31.0. The van der Waals surface area contributed by atoms with Crippen LogP contribution in [0, 0.1) is 17.8 Å². The predicted molar refractivity (Wildman–Crippen MR) is 90.5 cm³/mol. The van der Waals surface area contributed by atoms with Crippen LogP contribution in [-0.2, 0) is 0 Å². The van der Waals surface area contributed by atoms with Crippen molar-refractivity contribution < 1.29 is 4.74 Å². The molecule has 118 valence electrons. The van der Waals surface area contributed by atoms with Crippen LogP contribution in [0.25, 0.3) is 0 Å². The molecule has 0 spiro atoms. The zero-order valence-corrected chi connectivity index (χ0v) is 13.4. The number of hydrogen-bond acceptors (Lipinski definition) is 3. The molecule has 3 aliphatic rings. The quantitative estimate of drug-likeness (QED) is 0.795. The summed E-state index contributed by atoms with van der Waals surface area (Å²) in [6.45, 7) is 5.94. The second kappa shape index (κ2) is 5.96. The van der Waals surface area contributed by atoms with Crippen LogP contribution in [0.2, 0.25) is 0 Å². The zero-order chi connectivity index (χ0) is 14.9. The Morgan fingerprint density at radius 1 is 1.09 bits per heavy atom. The third-order valence-electron chi connectivity index (χ3n) is 5.70. The number of fused-ring (bicyclic) bond motifs is 2. The first-order chi connectivity index (χ1) is 10.8. The molecular weight excluding hydrogens is 272 g/mol. The summed E-state index contributed by atoms with van der Waals surface area (Å²) in [5, 5.41) is 0. The number of ether oxygens (including phenoxy) is 1. The Morgan fingerprint density at radius 3 is 2.64 bits per heavy atom. The fraction of sp³-hybridized carbons (Fsp3) is 0.579. The van der Waals surface area contributed by atoms with E-state index in [9.17, 15) is 0 Å². The first-order valence-electron chi connectivity index (χ1n) is 8.61. The molecule has 22 heavy (non-hydrogen) atoms. The van der Waals surface area contributed by atoms with Gasteiger partial charge in [-0.05, 0) is 42.7 Å². The SMILES string of the molecule is COc1cccc(N2CCN(C[C@H]3C[C@H]4C=C[C@@H]3C4)CC2)c1. The number of allylic oxidation sites excluding steroid dienone is 2. The monoisotopic (exact) mass is 298 g/mol. The molecule has 1 saturated carbocycles. The summed E-state index contributed by atoms with van der Waals surface area (Å²) in [5.41, 5.74) is 1.29. The van der Waals surface area contributed by atoms with E-state index < -0.39 is 0 Å². The van der Waals surface area contributed by atoms with Crippen molar-refractivity contribution >= 4 is 5.69 Å². The molecule has 1 aromatic carbocycles. The lowest BCUT2D eigenvalue weighted by Gasteiger charge is -2.38. The molecule has 0 N–H and O–H groups in total. The maximum atomic E-state index is 5.34. The summed E-state index contributed by atoms with van der Waals surface area (Å²) in [4.78, 5) is 5.16. The summed E-state index contributed by atoms with van der Waals surface area (Å²) in [6, 6.07) is 8.44. The van der Waals surface area contributed by atoms with E-state index in [1.165, 1.54) is 38.2 Å². The van der Waals surface area contributed by atoms with Gasteiger partial charge in [0, 0.05) is 44.5 Å². The van der Waals surface area contributed by atoms with Gasteiger partial charge >= 0.3 is 0 Å². The Kier molecular flexibility index (Phi) is 3.83. The minimum Gasteiger partial charge on any atom is -0.497 e. The minimum absolute atomic E-state index is 0.876. The van der Waals surface area contributed by atoms with Gasteiger partial charge in [-0.15, -0.1) is 0 Å². The molecule has 2 aliphatic carbocycles. The van der Waals surface area contributed by atoms with E-state index in [4.69, 9.17) is 4.74 Å². The molecule has 0 aromatic heterocycles. The minimum atomic E-state index is 0.876. The molecule has 1 aliphatic heterocycles. The van der Waals surface area contributed by atoms with Crippen molar-refractivity contribution in [3.05, 3.63) is 36.4 Å². The van der Waals surface area contributed by atoms with E-state index in [2.05, 4.69) is 40.2 Å². The lowest BCUT2D eigenvalue weighted by atomic mass is 9.93. The molecule has 0 amide bonds. The molecular formula is C19H26N2O. The van der Waals surface area contributed by atoms with Crippen LogP contribution in [0.3, 0.4) is 0 Å². The third kappa shape index (κ3) is 2.74. The lowest BCUT2D eigenvalue weighted by molar-refractivity contribution is 0.204. The van der Waals surface area contributed by atoms with E-state index in [-0.39, 0.29) is 0 Å². The number of nitrogens with zero attached hydrogens (tertiary/aromatic N) is 2. The van der Waals surface area contributed by atoms with Crippen LogP contribution in [0.4, 0.5) is 5.69 Å². The molecule has 3 heteroatoms. The smallest absolute Gasteiger partial charge is 0.120 e. The summed E-state index contributed by atoms with van der Waals surface area (Å²) < 4.78 is 5.34. The number of piperazine rings is 1. The van der Waals surface area contributed by atoms with Crippen molar-refractivity contribution in [3.63, 3.8) is 0 Å². The highest BCUT2D eigenvalue weighted by molar-refractivity contribution is 5.51. The van der Waals surface area contributed by atoms with Crippen molar-refractivity contribution in [2.24, 2.45) is 17.8 Å². The van der Waals surface area contributed by atoms with Crippen molar-refractivity contribution in [1.29, 1.82) is 0 Å². The number of rotatable bonds is 4. The van der Waals surface area contributed by atoms with Gasteiger partial charge in [0.2, 0.25) is 0 Å². The van der Waals surface area contributed by atoms with Crippen LogP contribution in [0.5, 0.6) is 5.75 Å². The topological polar surface area (TPSA) is 15.7 Å². The standard InChI is InChI=1S/C19H26N2O/c1-22-19-4-2-3-18(13-19)21-9-7-20(8-10-21)14-17-12-15-5-6-16(17)11-15/h2-6,13,15-17H,7-12,14H2,1H3/t15-,16+,17+/m0/s1. The van der Waals surface area contributed by atoms with Crippen molar-refractivity contribution in [1.82, 2.24) is 4.90 Å². The van der Waals surface area contributed by atoms with Crippen LogP contribution in [0.15, 0.2) is 36.4 Å². The van der Waals surface area contributed by atoms with Gasteiger partial charge in [0.05, 0.1) is 7.11 Å². The summed E-state index contributed by atoms with van der Waals surface area (Å²) >= 11 is 0. The van der Waals surface area contributed by atoms with Gasteiger partial charge < -0.3 is 9.64 Å². The summed E-state index contributed by atoms with van der Waals surface area (Å²) in [5.74, 6) is 3.64. The van der Waals surface area contributed by atoms with E-state index in [0.717, 1.165) is 36.6 Å². The molecule has 3 atom stereocenters. The summed E-state index contributed by atoms with van der Waals surface area (Å²) in [6.07, 6.45) is 7.78. The van der Waals surface area contributed by atoms with Crippen LogP contribution < -0.4 is 9.64 Å². The van der Waals surface area contributed by atoms with Crippen molar-refractivity contribution in [2.75, 3.05) is 44.7 Å².